The lowest BCUT2D eigenvalue weighted by Gasteiger charge is -2.58. The van der Waals surface area contributed by atoms with Crippen molar-refractivity contribution in [3.8, 4) is 0 Å². The maximum atomic E-state index is 13.5. The van der Waals surface area contributed by atoms with Gasteiger partial charge in [-0.25, -0.2) is 0 Å². The Hall–Kier alpha value is -1.32. The molecule has 160 valence electrons. The van der Waals surface area contributed by atoms with Crippen LogP contribution in [0, 0.1) is 40.4 Å². The predicted molar refractivity (Wildman–Crippen MR) is 114 cm³/mol. The average molecular weight is 399 g/mol. The second-order valence-corrected chi connectivity index (χ2v) is 11.4. The normalized spacial score (nSPS) is 47.2. The molecule has 2 amide bonds. The highest BCUT2D eigenvalue weighted by molar-refractivity contribution is 5.89. The van der Waals surface area contributed by atoms with Gasteiger partial charge in [0.05, 0.1) is 0 Å². The van der Waals surface area contributed by atoms with E-state index in [2.05, 4.69) is 37.1 Å². The molecular weight excluding hydrogens is 360 g/mol. The largest absolute Gasteiger partial charge is 0.349 e. The number of nitrogens with one attached hydrogen (secondary N) is 1. The van der Waals surface area contributed by atoms with Crippen LogP contribution in [0.3, 0.4) is 0 Å². The summed E-state index contributed by atoms with van der Waals surface area (Å²) in [6, 6.07) is 0.291. The molecule has 1 N–H and O–H groups in total. The molecule has 0 radical (unpaired) electrons. The summed E-state index contributed by atoms with van der Waals surface area (Å²) in [5, 5.41) is 3.25. The first kappa shape index (κ1) is 19.6. The van der Waals surface area contributed by atoms with Crippen LogP contribution in [0.2, 0.25) is 0 Å². The molecule has 4 fully saturated rings. The van der Waals surface area contributed by atoms with E-state index in [9.17, 15) is 9.59 Å². The SMILES string of the molecule is CC1CCN(C(=O)C2CC[C@H]3[C@@H]4CC[C@H]5NC(=O)C=C[C@]5(C)[C@H]4CC[C@]23C)CC1. The van der Waals surface area contributed by atoms with Gasteiger partial charge in [0.15, 0.2) is 0 Å². The molecule has 3 saturated carbocycles. The van der Waals surface area contributed by atoms with Crippen molar-refractivity contribution >= 4 is 11.8 Å². The predicted octanol–water partition coefficient (Wildman–Crippen LogP) is 4.16. The van der Waals surface area contributed by atoms with E-state index in [1.165, 1.54) is 38.5 Å². The van der Waals surface area contributed by atoms with E-state index in [4.69, 9.17) is 0 Å². The van der Waals surface area contributed by atoms with Crippen molar-refractivity contribution in [3.05, 3.63) is 12.2 Å². The second-order valence-electron chi connectivity index (χ2n) is 11.4. The van der Waals surface area contributed by atoms with E-state index in [0.29, 0.717) is 29.7 Å². The summed E-state index contributed by atoms with van der Waals surface area (Å²) < 4.78 is 0. The van der Waals surface area contributed by atoms with Gasteiger partial charge in [-0.3, -0.25) is 9.59 Å². The van der Waals surface area contributed by atoms with E-state index < -0.39 is 0 Å². The number of rotatable bonds is 1. The molecule has 2 heterocycles. The molecule has 0 spiro atoms. The van der Waals surface area contributed by atoms with Crippen LogP contribution in [0.4, 0.5) is 0 Å². The van der Waals surface area contributed by atoms with Crippen LogP contribution >= 0.6 is 0 Å². The molecule has 4 heteroatoms. The zero-order valence-corrected chi connectivity index (χ0v) is 18.5. The molecule has 0 aromatic carbocycles. The maximum Gasteiger partial charge on any atom is 0.243 e. The number of carbonyl (C=O) groups is 2. The van der Waals surface area contributed by atoms with Crippen LogP contribution in [-0.4, -0.2) is 35.8 Å². The second kappa shape index (κ2) is 6.85. The van der Waals surface area contributed by atoms with Crippen LogP contribution in [-0.2, 0) is 9.59 Å². The zero-order valence-electron chi connectivity index (χ0n) is 18.5. The monoisotopic (exact) mass is 398 g/mol. The fourth-order valence-corrected chi connectivity index (χ4v) is 8.19. The van der Waals surface area contributed by atoms with Crippen LogP contribution in [0.15, 0.2) is 12.2 Å². The lowest BCUT2D eigenvalue weighted by Crippen LogP contribution is -2.59. The van der Waals surface area contributed by atoms with Gasteiger partial charge in [0.2, 0.25) is 11.8 Å². The Morgan fingerprint density at radius 3 is 2.55 bits per heavy atom. The smallest absolute Gasteiger partial charge is 0.243 e. The fraction of sp³-hybridized carbons (Fsp3) is 0.840. The Morgan fingerprint density at radius 1 is 1.03 bits per heavy atom. The molecule has 3 aliphatic carbocycles. The van der Waals surface area contributed by atoms with Crippen LogP contribution in [0.1, 0.15) is 72.1 Å². The van der Waals surface area contributed by atoms with Crippen LogP contribution < -0.4 is 5.32 Å². The Bertz CT molecular complexity index is 724. The van der Waals surface area contributed by atoms with E-state index in [1.807, 2.05) is 0 Å². The van der Waals surface area contributed by atoms with Crippen molar-refractivity contribution in [3.63, 3.8) is 0 Å². The number of carbonyl (C=O) groups excluding carboxylic acids is 2. The van der Waals surface area contributed by atoms with Crippen molar-refractivity contribution < 1.29 is 9.59 Å². The van der Waals surface area contributed by atoms with Crippen molar-refractivity contribution in [2.75, 3.05) is 13.1 Å². The molecule has 1 saturated heterocycles. The molecular formula is C25H38N2O2. The van der Waals surface area contributed by atoms with Gasteiger partial charge in [-0.05, 0) is 86.5 Å². The summed E-state index contributed by atoms with van der Waals surface area (Å²) in [5.41, 5.74) is 0.259. The fourth-order valence-electron chi connectivity index (χ4n) is 8.19. The van der Waals surface area contributed by atoms with Crippen molar-refractivity contribution in [1.82, 2.24) is 10.2 Å². The first-order valence-electron chi connectivity index (χ1n) is 12.1. The van der Waals surface area contributed by atoms with Gasteiger partial charge in [-0.15, -0.1) is 0 Å². The van der Waals surface area contributed by atoms with Crippen LogP contribution in [0.5, 0.6) is 0 Å². The molecule has 7 atom stereocenters. The number of hydrogen-bond donors (Lipinski definition) is 1. The third-order valence-corrected chi connectivity index (χ3v) is 10.1. The highest BCUT2D eigenvalue weighted by Gasteiger charge is 2.61. The first-order valence-corrected chi connectivity index (χ1v) is 12.1. The standard InChI is InChI=1S/C25H38N2O2/c1-16-10-14-27(15-11-16)23(29)20-6-5-18-17-4-7-21-25(3,13-9-22(28)26-21)19(17)8-12-24(18,20)2/h9,13,16-21H,4-8,10-12,14-15H2,1-3H3,(H,26,28)/t17-,18-,19-,20?,21+,24-,25+/m0/s1. The van der Waals surface area contributed by atoms with Gasteiger partial charge in [0.1, 0.15) is 0 Å². The Labute approximate surface area is 175 Å². The third kappa shape index (κ3) is 2.91. The van der Waals surface area contributed by atoms with E-state index >= 15 is 0 Å². The van der Waals surface area contributed by atoms with Crippen molar-refractivity contribution in [2.45, 2.75) is 78.2 Å². The Balaban J connectivity index is 1.36. The highest BCUT2D eigenvalue weighted by atomic mass is 16.2. The van der Waals surface area contributed by atoms with Crippen molar-refractivity contribution in [2.24, 2.45) is 40.4 Å². The maximum absolute atomic E-state index is 13.5. The number of nitrogens with zero attached hydrogens (tertiary/aromatic N) is 1. The average Bonchev–Trinajstić information content (AvgIpc) is 3.06. The van der Waals surface area contributed by atoms with Gasteiger partial charge in [-0.2, -0.15) is 0 Å². The molecule has 4 nitrogen and oxygen atoms in total. The quantitative estimate of drug-likeness (QED) is 0.721. The number of fused-ring (bicyclic) bond motifs is 5. The molecule has 5 aliphatic rings. The summed E-state index contributed by atoms with van der Waals surface area (Å²) in [6.45, 7) is 9.07. The number of piperidine rings is 1. The van der Waals surface area contributed by atoms with Gasteiger partial charge >= 0.3 is 0 Å². The lowest BCUT2D eigenvalue weighted by atomic mass is 9.48. The molecule has 1 unspecified atom stereocenters. The minimum absolute atomic E-state index is 0.0777. The Kier molecular flexibility index (Phi) is 4.64. The van der Waals surface area contributed by atoms with Gasteiger partial charge in [-0.1, -0.05) is 26.8 Å². The van der Waals surface area contributed by atoms with Gasteiger partial charge in [0.25, 0.3) is 0 Å². The molecule has 0 aromatic rings. The summed E-state index contributed by atoms with van der Waals surface area (Å²) in [7, 11) is 0. The molecule has 29 heavy (non-hydrogen) atoms. The summed E-state index contributed by atoms with van der Waals surface area (Å²) >= 11 is 0. The third-order valence-electron chi connectivity index (χ3n) is 10.1. The highest BCUT2D eigenvalue weighted by Crippen LogP contribution is 2.65. The first-order chi connectivity index (χ1) is 13.8. The molecule has 0 bridgehead atoms. The van der Waals surface area contributed by atoms with Gasteiger partial charge < -0.3 is 10.2 Å². The minimum atomic E-state index is 0.0777. The molecule has 2 aliphatic heterocycles. The van der Waals surface area contributed by atoms with E-state index in [0.717, 1.165) is 31.8 Å². The van der Waals surface area contributed by atoms with Gasteiger partial charge in [0, 0.05) is 30.5 Å². The molecule has 0 aromatic heterocycles. The Morgan fingerprint density at radius 2 is 1.79 bits per heavy atom. The zero-order chi connectivity index (χ0) is 20.4. The minimum Gasteiger partial charge on any atom is -0.349 e. The summed E-state index contributed by atoms with van der Waals surface area (Å²) in [6.07, 6.45) is 13.3. The molecule has 5 rings (SSSR count). The summed E-state index contributed by atoms with van der Waals surface area (Å²) in [4.78, 5) is 27.6. The lowest BCUT2D eigenvalue weighted by molar-refractivity contribution is -0.145. The number of hydrogen-bond acceptors (Lipinski definition) is 2. The van der Waals surface area contributed by atoms with Crippen molar-refractivity contribution in [1.29, 1.82) is 0 Å². The van der Waals surface area contributed by atoms with E-state index in [-0.39, 0.29) is 22.7 Å². The van der Waals surface area contributed by atoms with E-state index in [1.54, 1.807) is 6.08 Å². The number of likely N-dealkylation sites (tertiary alicyclic amines) is 1. The number of amides is 2. The summed E-state index contributed by atoms with van der Waals surface area (Å²) in [5.74, 6) is 3.55. The van der Waals surface area contributed by atoms with Crippen LogP contribution in [0.25, 0.3) is 0 Å². The topological polar surface area (TPSA) is 49.4 Å².